The number of benzene rings is 2. The lowest BCUT2D eigenvalue weighted by atomic mass is 9.91. The molecule has 1 saturated carbocycles. The SMILES string of the molecule is COC(=O)CCCN(C)[C@@H]1CC[C@H](OCCc2cc(C(F)(F)F)cc(C(F)(F)F)c2)[C@H]1c1ccc(F)cc1. The second-order valence-electron chi connectivity index (χ2n) is 9.46. The Morgan fingerprint density at radius 3 is 2.13 bits per heavy atom. The van der Waals surface area contributed by atoms with Gasteiger partial charge in [-0.05, 0) is 80.7 Å². The van der Waals surface area contributed by atoms with Gasteiger partial charge in [-0.15, -0.1) is 0 Å². The molecule has 38 heavy (non-hydrogen) atoms. The van der Waals surface area contributed by atoms with Gasteiger partial charge in [-0.3, -0.25) is 4.79 Å². The maximum absolute atomic E-state index is 13.6. The fourth-order valence-corrected chi connectivity index (χ4v) is 4.98. The van der Waals surface area contributed by atoms with Crippen LogP contribution in [0.2, 0.25) is 0 Å². The van der Waals surface area contributed by atoms with E-state index in [0.717, 1.165) is 5.56 Å². The number of alkyl halides is 6. The van der Waals surface area contributed by atoms with E-state index in [2.05, 4.69) is 9.64 Å². The summed E-state index contributed by atoms with van der Waals surface area (Å²) in [6.07, 6.45) is -8.21. The molecule has 0 unspecified atom stereocenters. The first kappa shape index (κ1) is 29.9. The third kappa shape index (κ3) is 7.92. The summed E-state index contributed by atoms with van der Waals surface area (Å²) >= 11 is 0. The van der Waals surface area contributed by atoms with Gasteiger partial charge in [-0.25, -0.2) is 4.39 Å². The summed E-state index contributed by atoms with van der Waals surface area (Å²) in [5, 5.41) is 0. The van der Waals surface area contributed by atoms with E-state index in [0.29, 0.717) is 37.9 Å². The van der Waals surface area contributed by atoms with Gasteiger partial charge in [0.25, 0.3) is 0 Å². The average Bonchev–Trinajstić information content (AvgIpc) is 3.27. The van der Waals surface area contributed by atoms with Crippen LogP contribution in [0.5, 0.6) is 0 Å². The molecule has 0 saturated heterocycles. The molecule has 3 atom stereocenters. The molecule has 0 amide bonds. The summed E-state index contributed by atoms with van der Waals surface area (Å²) in [5.74, 6) is -0.924. The summed E-state index contributed by atoms with van der Waals surface area (Å²) in [6, 6.07) is 7.48. The van der Waals surface area contributed by atoms with Gasteiger partial charge in [0.15, 0.2) is 0 Å². The van der Waals surface area contributed by atoms with Gasteiger partial charge in [-0.1, -0.05) is 12.1 Å². The minimum absolute atomic E-state index is 0.0199. The summed E-state index contributed by atoms with van der Waals surface area (Å²) in [7, 11) is 3.22. The van der Waals surface area contributed by atoms with E-state index in [-0.39, 0.29) is 55.1 Å². The Morgan fingerprint density at radius 2 is 1.58 bits per heavy atom. The van der Waals surface area contributed by atoms with Crippen molar-refractivity contribution in [2.45, 2.75) is 62.5 Å². The molecule has 0 heterocycles. The molecule has 1 aliphatic rings. The van der Waals surface area contributed by atoms with Crippen molar-refractivity contribution in [2.24, 2.45) is 0 Å². The van der Waals surface area contributed by atoms with Crippen molar-refractivity contribution in [3.63, 3.8) is 0 Å². The first-order chi connectivity index (χ1) is 17.8. The van der Waals surface area contributed by atoms with E-state index >= 15 is 0 Å². The Hall–Kier alpha value is -2.66. The van der Waals surface area contributed by atoms with Crippen LogP contribution < -0.4 is 0 Å². The Labute approximate surface area is 216 Å². The second kappa shape index (κ2) is 12.5. The van der Waals surface area contributed by atoms with Crippen LogP contribution in [0, 0.1) is 5.82 Å². The number of hydrogen-bond donors (Lipinski definition) is 0. The van der Waals surface area contributed by atoms with E-state index in [1.54, 1.807) is 12.1 Å². The van der Waals surface area contributed by atoms with Crippen LogP contribution in [0.3, 0.4) is 0 Å². The van der Waals surface area contributed by atoms with Gasteiger partial charge in [0.2, 0.25) is 0 Å². The minimum Gasteiger partial charge on any atom is -0.469 e. The molecule has 0 bridgehead atoms. The van der Waals surface area contributed by atoms with Crippen LogP contribution in [-0.4, -0.2) is 50.3 Å². The predicted molar refractivity (Wildman–Crippen MR) is 126 cm³/mol. The molecular weight excluding hydrogens is 519 g/mol. The topological polar surface area (TPSA) is 38.8 Å². The normalized spacial score (nSPS) is 20.2. The van der Waals surface area contributed by atoms with E-state index in [1.165, 1.54) is 19.2 Å². The molecule has 2 aromatic carbocycles. The van der Waals surface area contributed by atoms with Crippen molar-refractivity contribution in [2.75, 3.05) is 27.3 Å². The smallest absolute Gasteiger partial charge is 0.416 e. The lowest BCUT2D eigenvalue weighted by molar-refractivity contribution is -0.143. The van der Waals surface area contributed by atoms with Crippen molar-refractivity contribution in [1.29, 1.82) is 0 Å². The number of ether oxygens (including phenoxy) is 2. The Morgan fingerprint density at radius 1 is 0.974 bits per heavy atom. The fraction of sp³-hybridized carbons (Fsp3) is 0.519. The number of likely N-dealkylation sites (N-methyl/N-ethyl adjacent to an activating group) is 1. The molecule has 1 aliphatic carbocycles. The molecule has 11 heteroatoms. The molecule has 1 fully saturated rings. The highest BCUT2D eigenvalue weighted by molar-refractivity contribution is 5.69. The largest absolute Gasteiger partial charge is 0.469 e. The maximum atomic E-state index is 13.6. The van der Waals surface area contributed by atoms with Crippen molar-refractivity contribution in [1.82, 2.24) is 4.90 Å². The van der Waals surface area contributed by atoms with Crippen LogP contribution in [0.4, 0.5) is 30.7 Å². The minimum atomic E-state index is -4.92. The van der Waals surface area contributed by atoms with Crippen molar-refractivity contribution >= 4 is 5.97 Å². The first-order valence-electron chi connectivity index (χ1n) is 12.2. The van der Waals surface area contributed by atoms with E-state index < -0.39 is 29.3 Å². The zero-order chi connectivity index (χ0) is 28.1. The van der Waals surface area contributed by atoms with Crippen LogP contribution in [0.25, 0.3) is 0 Å². The molecule has 3 rings (SSSR count). The Kier molecular flexibility index (Phi) is 9.80. The first-order valence-corrected chi connectivity index (χ1v) is 12.2. The monoisotopic (exact) mass is 549 g/mol. The zero-order valence-electron chi connectivity index (χ0n) is 21.0. The number of esters is 1. The molecule has 2 aromatic rings. The van der Waals surface area contributed by atoms with Crippen LogP contribution in [0.15, 0.2) is 42.5 Å². The van der Waals surface area contributed by atoms with Gasteiger partial charge in [-0.2, -0.15) is 26.3 Å². The molecule has 210 valence electrons. The number of nitrogens with zero attached hydrogens (tertiary/aromatic N) is 1. The number of carbonyl (C=O) groups is 1. The summed E-state index contributed by atoms with van der Waals surface area (Å²) in [4.78, 5) is 13.5. The number of hydrogen-bond acceptors (Lipinski definition) is 4. The zero-order valence-corrected chi connectivity index (χ0v) is 21.0. The molecular formula is C27H30F7NO3. The Bertz CT molecular complexity index is 1040. The highest BCUT2D eigenvalue weighted by Crippen LogP contribution is 2.40. The van der Waals surface area contributed by atoms with Crippen molar-refractivity contribution in [3.8, 4) is 0 Å². The summed E-state index contributed by atoms with van der Waals surface area (Å²) in [6.45, 7) is 0.508. The number of halogens is 7. The standard InChI is InChI=1S/C27H30F7NO3/c1-35(12-3-4-24(36)37-2)22-9-10-23(25(22)18-5-7-21(28)8-6-18)38-13-11-17-14-19(26(29,30)31)16-20(15-17)27(32,33)34/h5-8,14-16,22-23,25H,3-4,9-13H2,1-2H3/t22-,23+,25+/m1/s1. The number of rotatable bonds is 10. The van der Waals surface area contributed by atoms with Gasteiger partial charge < -0.3 is 14.4 Å². The molecule has 0 aromatic heterocycles. The quantitative estimate of drug-likeness (QED) is 0.247. The third-order valence-corrected chi connectivity index (χ3v) is 6.87. The number of methoxy groups -OCH3 is 1. The molecule has 0 N–H and O–H groups in total. The van der Waals surface area contributed by atoms with Gasteiger partial charge in [0.05, 0.1) is 30.9 Å². The molecule has 0 spiro atoms. The predicted octanol–water partition coefficient (Wildman–Crippen LogP) is 6.62. The van der Waals surface area contributed by atoms with Crippen LogP contribution in [0.1, 0.15) is 53.9 Å². The van der Waals surface area contributed by atoms with E-state index in [4.69, 9.17) is 4.74 Å². The highest BCUT2D eigenvalue weighted by Gasteiger charge is 2.40. The van der Waals surface area contributed by atoms with Gasteiger partial charge in [0, 0.05) is 18.4 Å². The van der Waals surface area contributed by atoms with Gasteiger partial charge in [0.1, 0.15) is 5.82 Å². The summed E-state index contributed by atoms with van der Waals surface area (Å²) < 4.78 is 103. The van der Waals surface area contributed by atoms with Crippen LogP contribution >= 0.6 is 0 Å². The van der Waals surface area contributed by atoms with Gasteiger partial charge >= 0.3 is 18.3 Å². The fourth-order valence-electron chi connectivity index (χ4n) is 4.98. The summed E-state index contributed by atoms with van der Waals surface area (Å²) in [5.41, 5.74) is -2.03. The third-order valence-electron chi connectivity index (χ3n) is 6.87. The molecule has 4 nitrogen and oxygen atoms in total. The lowest BCUT2D eigenvalue weighted by Crippen LogP contribution is -2.37. The van der Waals surface area contributed by atoms with Crippen molar-refractivity contribution < 1.29 is 45.0 Å². The average molecular weight is 550 g/mol. The molecule has 0 radical (unpaired) electrons. The maximum Gasteiger partial charge on any atom is 0.416 e. The van der Waals surface area contributed by atoms with Crippen LogP contribution in [-0.2, 0) is 33.0 Å². The van der Waals surface area contributed by atoms with E-state index in [1.807, 2.05) is 7.05 Å². The van der Waals surface area contributed by atoms with Crippen molar-refractivity contribution in [3.05, 3.63) is 70.5 Å². The lowest BCUT2D eigenvalue weighted by Gasteiger charge is -2.32. The Balaban J connectivity index is 1.73. The number of carbonyl (C=O) groups excluding carboxylic acids is 1. The van der Waals surface area contributed by atoms with E-state index in [9.17, 15) is 35.5 Å². The second-order valence-corrected chi connectivity index (χ2v) is 9.46. The highest BCUT2D eigenvalue weighted by atomic mass is 19.4. The molecule has 0 aliphatic heterocycles.